The molecule has 0 atom stereocenters. The van der Waals surface area contributed by atoms with Crippen molar-refractivity contribution in [2.24, 2.45) is 23.2 Å². The van der Waals surface area contributed by atoms with Crippen LogP contribution in [0.15, 0.2) is 0 Å². The molecule has 5 rings (SSSR count). The first-order valence-electron chi connectivity index (χ1n) is 12.0. The first-order valence-corrected chi connectivity index (χ1v) is 12.0. The number of carbonyl (C=O) groups excluding carboxylic acids is 1. The number of unbranched alkanes of at least 4 members (excludes halogenated alkanes) is 1. The van der Waals surface area contributed by atoms with Gasteiger partial charge in [-0.05, 0) is 88.5 Å². The van der Waals surface area contributed by atoms with E-state index in [0.29, 0.717) is 5.91 Å². The van der Waals surface area contributed by atoms with Gasteiger partial charge in [-0.25, -0.2) is 0 Å². The minimum Gasteiger partial charge on any atom is -0.356 e. The average molecular weight is 376 g/mol. The fourth-order valence-electron chi connectivity index (χ4n) is 6.95. The molecule has 4 heteroatoms. The van der Waals surface area contributed by atoms with E-state index in [9.17, 15) is 4.79 Å². The van der Waals surface area contributed by atoms with E-state index in [1.807, 2.05) is 0 Å². The molecule has 0 radical (unpaired) electrons. The molecule has 4 bridgehead atoms. The van der Waals surface area contributed by atoms with Crippen LogP contribution < -0.4 is 16.0 Å². The van der Waals surface area contributed by atoms with Crippen LogP contribution in [0.1, 0.15) is 83.5 Å². The molecule has 5 fully saturated rings. The summed E-state index contributed by atoms with van der Waals surface area (Å²) in [5.41, 5.74) is 0.0256. The van der Waals surface area contributed by atoms with Gasteiger partial charge >= 0.3 is 0 Å². The van der Waals surface area contributed by atoms with Crippen molar-refractivity contribution in [1.29, 1.82) is 0 Å². The van der Waals surface area contributed by atoms with Crippen LogP contribution >= 0.6 is 0 Å². The van der Waals surface area contributed by atoms with Crippen molar-refractivity contribution in [3.05, 3.63) is 0 Å². The molecular weight excluding hydrogens is 334 g/mol. The molecular formula is C23H41N3O. The summed E-state index contributed by atoms with van der Waals surface area (Å²) in [6, 6.07) is 0.764. The predicted octanol–water partition coefficient (Wildman–Crippen LogP) is 3.61. The largest absolute Gasteiger partial charge is 0.356 e. The molecule has 4 nitrogen and oxygen atoms in total. The fraction of sp³-hybridized carbons (Fsp3) is 0.957. The molecule has 0 aromatic carbocycles. The van der Waals surface area contributed by atoms with Gasteiger partial charge in [-0.3, -0.25) is 4.79 Å². The van der Waals surface area contributed by atoms with Crippen molar-refractivity contribution in [2.75, 3.05) is 26.2 Å². The number of rotatable bonds is 10. The van der Waals surface area contributed by atoms with Crippen LogP contribution in [0.4, 0.5) is 0 Å². The Balaban J connectivity index is 1.03. The molecule has 0 aliphatic heterocycles. The zero-order valence-electron chi connectivity index (χ0n) is 17.2. The quantitative estimate of drug-likeness (QED) is 0.511. The van der Waals surface area contributed by atoms with Crippen molar-refractivity contribution in [2.45, 2.75) is 89.5 Å². The second kappa shape index (κ2) is 9.26. The third-order valence-electron chi connectivity index (χ3n) is 7.93. The van der Waals surface area contributed by atoms with E-state index in [1.165, 1.54) is 70.6 Å². The maximum Gasteiger partial charge on any atom is 0.226 e. The van der Waals surface area contributed by atoms with Crippen molar-refractivity contribution >= 4 is 5.91 Å². The molecule has 0 aromatic rings. The molecule has 5 aliphatic carbocycles. The number of nitrogens with one attached hydrogen (secondary N) is 3. The summed E-state index contributed by atoms with van der Waals surface area (Å²) in [5, 5.41) is 10.5. The summed E-state index contributed by atoms with van der Waals surface area (Å²) in [5.74, 6) is 2.96. The molecule has 5 aliphatic rings. The highest BCUT2D eigenvalue weighted by Crippen LogP contribution is 2.60. The van der Waals surface area contributed by atoms with E-state index in [1.54, 1.807) is 0 Å². The highest BCUT2D eigenvalue weighted by atomic mass is 16.2. The first kappa shape index (κ1) is 19.7. The Morgan fingerprint density at radius 2 is 1.41 bits per heavy atom. The molecule has 1 amide bonds. The second-order valence-corrected chi connectivity index (χ2v) is 10.2. The summed E-state index contributed by atoms with van der Waals surface area (Å²) < 4.78 is 0. The van der Waals surface area contributed by atoms with Gasteiger partial charge in [0.2, 0.25) is 5.91 Å². The van der Waals surface area contributed by atoms with E-state index < -0.39 is 0 Å². The van der Waals surface area contributed by atoms with Crippen LogP contribution in [-0.2, 0) is 4.79 Å². The Kier molecular flexibility index (Phi) is 6.75. The van der Waals surface area contributed by atoms with Crippen LogP contribution in [0, 0.1) is 23.2 Å². The zero-order valence-corrected chi connectivity index (χ0v) is 17.2. The summed E-state index contributed by atoms with van der Waals surface area (Å²) in [7, 11) is 0. The number of hydrogen-bond donors (Lipinski definition) is 3. The molecule has 0 spiro atoms. The Morgan fingerprint density at radius 1 is 0.778 bits per heavy atom. The van der Waals surface area contributed by atoms with Crippen LogP contribution in [0.2, 0.25) is 0 Å². The van der Waals surface area contributed by atoms with Crippen LogP contribution in [0.5, 0.6) is 0 Å². The standard InChI is InChI=1S/C23H41N3O/c27-22(23-15-18-12-19(16-23)14-20(13-18)17-23)26-9-5-4-8-24-10-11-25-21-6-2-1-3-7-21/h18-21,24-25H,1-17H2,(H,26,27). The van der Waals surface area contributed by atoms with Crippen molar-refractivity contribution < 1.29 is 4.79 Å². The monoisotopic (exact) mass is 375 g/mol. The lowest BCUT2D eigenvalue weighted by Gasteiger charge is -2.55. The molecule has 5 saturated carbocycles. The minimum atomic E-state index is 0.0256. The first-order chi connectivity index (χ1) is 13.2. The van der Waals surface area contributed by atoms with Gasteiger partial charge in [0, 0.05) is 31.1 Å². The van der Waals surface area contributed by atoms with E-state index >= 15 is 0 Å². The average Bonchev–Trinajstić information content (AvgIpc) is 2.66. The topological polar surface area (TPSA) is 53.2 Å². The summed E-state index contributed by atoms with van der Waals surface area (Å²) in [6.45, 7) is 4.09. The fourth-order valence-corrected chi connectivity index (χ4v) is 6.95. The molecule has 154 valence electrons. The third kappa shape index (κ3) is 5.06. The van der Waals surface area contributed by atoms with Crippen LogP contribution in [0.25, 0.3) is 0 Å². The zero-order chi connectivity index (χ0) is 18.5. The van der Waals surface area contributed by atoms with Crippen LogP contribution in [0.3, 0.4) is 0 Å². The second-order valence-electron chi connectivity index (χ2n) is 10.2. The van der Waals surface area contributed by atoms with Gasteiger partial charge in [0.25, 0.3) is 0 Å². The van der Waals surface area contributed by atoms with Crippen molar-refractivity contribution in [3.8, 4) is 0 Å². The molecule has 0 unspecified atom stereocenters. The van der Waals surface area contributed by atoms with Crippen LogP contribution in [-0.4, -0.2) is 38.1 Å². The summed E-state index contributed by atoms with van der Waals surface area (Å²) in [6.07, 6.45) is 17.0. The highest BCUT2D eigenvalue weighted by molar-refractivity contribution is 5.83. The minimum absolute atomic E-state index is 0.0256. The molecule has 3 N–H and O–H groups in total. The Labute approximate surface area is 166 Å². The van der Waals surface area contributed by atoms with E-state index in [-0.39, 0.29) is 5.41 Å². The summed E-state index contributed by atoms with van der Waals surface area (Å²) in [4.78, 5) is 12.9. The number of hydrogen-bond acceptors (Lipinski definition) is 3. The van der Waals surface area contributed by atoms with Gasteiger partial charge in [-0.2, -0.15) is 0 Å². The molecule has 0 saturated heterocycles. The maximum atomic E-state index is 12.9. The smallest absolute Gasteiger partial charge is 0.226 e. The highest BCUT2D eigenvalue weighted by Gasteiger charge is 2.54. The Bertz CT molecular complexity index is 451. The third-order valence-corrected chi connectivity index (χ3v) is 7.93. The van der Waals surface area contributed by atoms with Gasteiger partial charge in [-0.15, -0.1) is 0 Å². The molecule has 0 aromatic heterocycles. The van der Waals surface area contributed by atoms with E-state index in [2.05, 4.69) is 16.0 Å². The summed E-state index contributed by atoms with van der Waals surface area (Å²) >= 11 is 0. The van der Waals surface area contributed by atoms with E-state index in [4.69, 9.17) is 0 Å². The molecule has 27 heavy (non-hydrogen) atoms. The lowest BCUT2D eigenvalue weighted by atomic mass is 9.49. The lowest BCUT2D eigenvalue weighted by molar-refractivity contribution is -0.146. The Morgan fingerprint density at radius 3 is 2.07 bits per heavy atom. The SMILES string of the molecule is O=C(NCCCCNCCNC1CCCCC1)C12CC3CC(CC(C3)C1)C2. The predicted molar refractivity (Wildman–Crippen MR) is 111 cm³/mol. The maximum absolute atomic E-state index is 12.9. The molecule has 0 heterocycles. The number of carbonyl (C=O) groups is 1. The van der Waals surface area contributed by atoms with Gasteiger partial charge in [-0.1, -0.05) is 19.3 Å². The van der Waals surface area contributed by atoms with Crippen molar-refractivity contribution in [3.63, 3.8) is 0 Å². The van der Waals surface area contributed by atoms with Gasteiger partial charge < -0.3 is 16.0 Å². The Hall–Kier alpha value is -0.610. The van der Waals surface area contributed by atoms with E-state index in [0.717, 1.165) is 62.8 Å². The normalized spacial score (nSPS) is 35.5. The van der Waals surface area contributed by atoms with Crippen molar-refractivity contribution in [1.82, 2.24) is 16.0 Å². The van der Waals surface area contributed by atoms with Gasteiger partial charge in [0.05, 0.1) is 0 Å². The lowest BCUT2D eigenvalue weighted by Crippen LogP contribution is -2.53. The number of amides is 1. The van der Waals surface area contributed by atoms with Gasteiger partial charge in [0.1, 0.15) is 0 Å². The van der Waals surface area contributed by atoms with Gasteiger partial charge in [0.15, 0.2) is 0 Å².